The highest BCUT2D eigenvalue weighted by atomic mass is 16.5. The van der Waals surface area contributed by atoms with Gasteiger partial charge < -0.3 is 10.1 Å². The molecule has 0 aromatic rings. The van der Waals surface area contributed by atoms with Gasteiger partial charge in [-0.1, -0.05) is 6.92 Å². The Morgan fingerprint density at radius 1 is 1.38 bits per heavy atom. The molecule has 3 aliphatic heterocycles. The molecule has 2 amide bonds. The number of nitrogens with one attached hydrogen (secondary N) is 2. The Labute approximate surface area is 93.9 Å². The number of amides is 2. The van der Waals surface area contributed by atoms with E-state index in [1.807, 2.05) is 6.92 Å². The standard InChI is InChI=1S/C11H16N2O3/c1-5-3-11(2)8(12-4-5)6-7(16-11)10(15)13-9(6)14/h5-8,12H,3-4H2,1-2H3,(H,13,14,15)/t5-,6?,7?,8-,11?/m0/s1. The fraction of sp³-hybridized carbons (Fsp3) is 0.818. The fourth-order valence-electron chi connectivity index (χ4n) is 3.38. The topological polar surface area (TPSA) is 67.4 Å². The molecule has 16 heavy (non-hydrogen) atoms. The number of fused-ring (bicyclic) bond motifs is 3. The van der Waals surface area contributed by atoms with Crippen LogP contribution in [-0.4, -0.2) is 36.1 Å². The first-order valence-corrected chi connectivity index (χ1v) is 5.77. The Balaban J connectivity index is 1.94. The number of hydrogen-bond acceptors (Lipinski definition) is 4. The van der Waals surface area contributed by atoms with Crippen LogP contribution in [0.4, 0.5) is 0 Å². The molecule has 2 N–H and O–H groups in total. The first kappa shape index (κ1) is 10.2. The molecule has 0 bridgehead atoms. The molecule has 0 aliphatic carbocycles. The van der Waals surface area contributed by atoms with Crippen LogP contribution in [-0.2, 0) is 14.3 Å². The van der Waals surface area contributed by atoms with E-state index in [0.29, 0.717) is 5.92 Å². The second-order valence-corrected chi connectivity index (χ2v) is 5.43. The number of rotatable bonds is 0. The number of hydrogen-bond donors (Lipinski definition) is 2. The number of carbonyl (C=O) groups is 2. The molecule has 3 heterocycles. The molecule has 5 atom stereocenters. The van der Waals surface area contributed by atoms with Gasteiger partial charge in [0.05, 0.1) is 17.6 Å². The summed E-state index contributed by atoms with van der Waals surface area (Å²) in [5.74, 6) is -0.297. The van der Waals surface area contributed by atoms with E-state index < -0.39 is 6.10 Å². The van der Waals surface area contributed by atoms with Crippen molar-refractivity contribution in [2.45, 2.75) is 38.0 Å². The van der Waals surface area contributed by atoms with Gasteiger partial charge in [-0.25, -0.2) is 0 Å². The molecule has 5 nitrogen and oxygen atoms in total. The zero-order valence-corrected chi connectivity index (χ0v) is 9.45. The van der Waals surface area contributed by atoms with Crippen molar-refractivity contribution in [1.82, 2.24) is 10.6 Å². The summed E-state index contributed by atoms with van der Waals surface area (Å²) in [5, 5.41) is 5.69. The maximum absolute atomic E-state index is 11.7. The minimum absolute atomic E-state index is 0.0276. The van der Waals surface area contributed by atoms with Crippen molar-refractivity contribution in [1.29, 1.82) is 0 Å². The van der Waals surface area contributed by atoms with Gasteiger partial charge in [-0.15, -0.1) is 0 Å². The van der Waals surface area contributed by atoms with Gasteiger partial charge in [-0.2, -0.15) is 0 Å². The van der Waals surface area contributed by atoms with E-state index in [-0.39, 0.29) is 29.4 Å². The van der Waals surface area contributed by atoms with Crippen LogP contribution in [0.15, 0.2) is 0 Å². The number of carbonyl (C=O) groups excluding carboxylic acids is 2. The Hall–Kier alpha value is -0.940. The van der Waals surface area contributed by atoms with Gasteiger partial charge in [0, 0.05) is 0 Å². The molecule has 0 spiro atoms. The summed E-state index contributed by atoms with van der Waals surface area (Å²) >= 11 is 0. The van der Waals surface area contributed by atoms with Crippen LogP contribution in [0.25, 0.3) is 0 Å². The molecular formula is C11H16N2O3. The predicted molar refractivity (Wildman–Crippen MR) is 55.5 cm³/mol. The lowest BCUT2D eigenvalue weighted by molar-refractivity contribution is -0.137. The van der Waals surface area contributed by atoms with E-state index in [2.05, 4.69) is 17.6 Å². The van der Waals surface area contributed by atoms with Gasteiger partial charge in [-0.05, 0) is 25.8 Å². The minimum atomic E-state index is -0.583. The van der Waals surface area contributed by atoms with E-state index in [1.165, 1.54) is 0 Å². The summed E-state index contributed by atoms with van der Waals surface area (Å²) < 4.78 is 5.83. The monoisotopic (exact) mass is 224 g/mol. The summed E-state index contributed by atoms with van der Waals surface area (Å²) in [6.07, 6.45) is 0.318. The third-order valence-electron chi connectivity index (χ3n) is 3.99. The number of ether oxygens (including phenoxy) is 1. The Morgan fingerprint density at radius 2 is 2.12 bits per heavy atom. The molecule has 5 heteroatoms. The van der Waals surface area contributed by atoms with Crippen LogP contribution in [0, 0.1) is 11.8 Å². The maximum atomic E-state index is 11.7. The third kappa shape index (κ3) is 1.18. The van der Waals surface area contributed by atoms with Crippen LogP contribution in [0.2, 0.25) is 0 Å². The lowest BCUT2D eigenvalue weighted by Gasteiger charge is -2.40. The van der Waals surface area contributed by atoms with Crippen LogP contribution < -0.4 is 10.6 Å². The normalized spacial score (nSPS) is 51.1. The van der Waals surface area contributed by atoms with Gasteiger partial charge in [0.25, 0.3) is 5.91 Å². The molecule has 0 saturated carbocycles. The highest BCUT2D eigenvalue weighted by Crippen LogP contribution is 2.43. The summed E-state index contributed by atoms with van der Waals surface area (Å²) in [5.41, 5.74) is -0.375. The maximum Gasteiger partial charge on any atom is 0.256 e. The van der Waals surface area contributed by atoms with Crippen molar-refractivity contribution in [2.75, 3.05) is 6.54 Å². The smallest absolute Gasteiger partial charge is 0.256 e. The number of piperidine rings is 1. The largest absolute Gasteiger partial charge is 0.360 e. The quantitative estimate of drug-likeness (QED) is 0.540. The van der Waals surface area contributed by atoms with E-state index in [9.17, 15) is 9.59 Å². The molecule has 0 aromatic heterocycles. The molecule has 0 aromatic carbocycles. The summed E-state index contributed by atoms with van der Waals surface area (Å²) in [4.78, 5) is 23.2. The average molecular weight is 224 g/mol. The van der Waals surface area contributed by atoms with Crippen LogP contribution in [0.5, 0.6) is 0 Å². The zero-order valence-electron chi connectivity index (χ0n) is 9.45. The van der Waals surface area contributed by atoms with Crippen molar-refractivity contribution in [2.24, 2.45) is 11.8 Å². The van der Waals surface area contributed by atoms with Crippen molar-refractivity contribution >= 4 is 11.8 Å². The molecule has 0 radical (unpaired) electrons. The molecule has 3 rings (SSSR count). The highest BCUT2D eigenvalue weighted by molar-refractivity contribution is 6.07. The first-order valence-electron chi connectivity index (χ1n) is 5.77. The lowest BCUT2D eigenvalue weighted by Crippen LogP contribution is -2.57. The van der Waals surface area contributed by atoms with Gasteiger partial charge in [0.15, 0.2) is 6.10 Å². The second kappa shape index (κ2) is 3.05. The molecule has 3 fully saturated rings. The van der Waals surface area contributed by atoms with Gasteiger partial charge >= 0.3 is 0 Å². The van der Waals surface area contributed by atoms with Crippen molar-refractivity contribution in [3.8, 4) is 0 Å². The third-order valence-corrected chi connectivity index (χ3v) is 3.99. The van der Waals surface area contributed by atoms with Gasteiger partial charge in [0.2, 0.25) is 5.91 Å². The summed E-state index contributed by atoms with van der Waals surface area (Å²) in [6.45, 7) is 5.03. The number of imide groups is 1. The highest BCUT2D eigenvalue weighted by Gasteiger charge is 2.62. The summed E-state index contributed by atoms with van der Waals surface area (Å²) in [6, 6.07) is -0.0276. The molecule has 3 unspecified atom stereocenters. The molecule has 88 valence electrons. The van der Waals surface area contributed by atoms with E-state index in [1.54, 1.807) is 0 Å². The van der Waals surface area contributed by atoms with E-state index >= 15 is 0 Å². The lowest BCUT2D eigenvalue weighted by atomic mass is 9.78. The molecule has 3 saturated heterocycles. The van der Waals surface area contributed by atoms with E-state index in [4.69, 9.17) is 4.74 Å². The van der Waals surface area contributed by atoms with Gasteiger partial charge in [0.1, 0.15) is 0 Å². The fourth-order valence-corrected chi connectivity index (χ4v) is 3.38. The predicted octanol–water partition coefficient (Wildman–Crippen LogP) is -0.585. The minimum Gasteiger partial charge on any atom is -0.360 e. The van der Waals surface area contributed by atoms with E-state index in [0.717, 1.165) is 13.0 Å². The van der Waals surface area contributed by atoms with Crippen LogP contribution in [0.1, 0.15) is 20.3 Å². The van der Waals surface area contributed by atoms with Crippen molar-refractivity contribution < 1.29 is 14.3 Å². The summed E-state index contributed by atoms with van der Waals surface area (Å²) in [7, 11) is 0. The SMILES string of the molecule is C[C@@H]1CN[C@H]2C3C(=O)NC(=O)C3OC2(C)C1. The van der Waals surface area contributed by atoms with Crippen molar-refractivity contribution in [3.63, 3.8) is 0 Å². The molecule has 3 aliphatic rings. The zero-order chi connectivity index (χ0) is 11.5. The van der Waals surface area contributed by atoms with Crippen molar-refractivity contribution in [3.05, 3.63) is 0 Å². The first-order chi connectivity index (χ1) is 7.51. The Bertz CT molecular complexity index is 370. The Morgan fingerprint density at radius 3 is 2.88 bits per heavy atom. The van der Waals surface area contributed by atoms with Gasteiger partial charge in [-0.3, -0.25) is 14.9 Å². The van der Waals surface area contributed by atoms with Crippen LogP contribution in [0.3, 0.4) is 0 Å². The molecular weight excluding hydrogens is 208 g/mol. The Kier molecular flexibility index (Phi) is 1.95. The average Bonchev–Trinajstić information content (AvgIpc) is 2.61. The van der Waals surface area contributed by atoms with Crippen LogP contribution >= 0.6 is 0 Å². The second-order valence-electron chi connectivity index (χ2n) is 5.43.